The van der Waals surface area contributed by atoms with Gasteiger partial charge in [0.05, 0.1) is 17.5 Å². The number of aromatic amines is 1. The van der Waals surface area contributed by atoms with Crippen LogP contribution in [0.1, 0.15) is 10.4 Å². The molecule has 1 aromatic heterocycles. The maximum atomic E-state index is 10.8. The molecule has 0 radical (unpaired) electrons. The van der Waals surface area contributed by atoms with E-state index in [0.29, 0.717) is 22.8 Å². The molecule has 0 fully saturated rings. The highest BCUT2D eigenvalue weighted by molar-refractivity contribution is 5.87. The SMILES string of the molecule is O=Cc1cn[nH]c1-c1cccc2c1OCO2. The second-order valence-corrected chi connectivity index (χ2v) is 3.36. The maximum Gasteiger partial charge on any atom is 0.231 e. The number of carbonyl (C=O) groups excluding carboxylic acids is 1. The van der Waals surface area contributed by atoms with Gasteiger partial charge in [-0.05, 0) is 12.1 Å². The molecule has 2 heterocycles. The first-order valence-electron chi connectivity index (χ1n) is 4.77. The fraction of sp³-hybridized carbons (Fsp3) is 0.0909. The van der Waals surface area contributed by atoms with Crippen molar-refractivity contribution in [2.75, 3.05) is 6.79 Å². The zero-order valence-electron chi connectivity index (χ0n) is 8.27. The van der Waals surface area contributed by atoms with Crippen LogP contribution in [0.25, 0.3) is 11.3 Å². The van der Waals surface area contributed by atoms with Crippen LogP contribution in [0.3, 0.4) is 0 Å². The molecule has 1 aliphatic rings. The van der Waals surface area contributed by atoms with Crippen LogP contribution in [0, 0.1) is 0 Å². The third kappa shape index (κ3) is 1.18. The van der Waals surface area contributed by atoms with Crippen molar-refractivity contribution >= 4 is 6.29 Å². The number of aromatic nitrogens is 2. The number of para-hydroxylation sites is 1. The molecule has 5 nitrogen and oxygen atoms in total. The van der Waals surface area contributed by atoms with Gasteiger partial charge in [0.15, 0.2) is 17.8 Å². The minimum Gasteiger partial charge on any atom is -0.454 e. The number of hydrogen-bond donors (Lipinski definition) is 1. The quantitative estimate of drug-likeness (QED) is 0.774. The van der Waals surface area contributed by atoms with E-state index in [0.717, 1.165) is 11.8 Å². The van der Waals surface area contributed by atoms with Gasteiger partial charge < -0.3 is 9.47 Å². The number of H-pyrrole nitrogens is 1. The topological polar surface area (TPSA) is 64.2 Å². The first kappa shape index (κ1) is 8.96. The summed E-state index contributed by atoms with van der Waals surface area (Å²) in [5, 5.41) is 6.63. The van der Waals surface area contributed by atoms with Crippen LogP contribution < -0.4 is 9.47 Å². The van der Waals surface area contributed by atoms with E-state index >= 15 is 0 Å². The van der Waals surface area contributed by atoms with Gasteiger partial charge in [0.1, 0.15) is 0 Å². The summed E-state index contributed by atoms with van der Waals surface area (Å²) in [5.74, 6) is 1.33. The molecule has 0 spiro atoms. The van der Waals surface area contributed by atoms with Crippen LogP contribution >= 0.6 is 0 Å². The Bertz CT molecular complexity index is 548. The Hall–Kier alpha value is -2.30. The van der Waals surface area contributed by atoms with E-state index < -0.39 is 0 Å². The standard InChI is InChI=1S/C11H8N2O3/c14-5-7-4-12-13-10(7)8-2-1-3-9-11(8)16-6-15-9/h1-5H,6H2,(H,12,13). The maximum absolute atomic E-state index is 10.8. The van der Waals surface area contributed by atoms with E-state index in [2.05, 4.69) is 10.2 Å². The van der Waals surface area contributed by atoms with Crippen molar-refractivity contribution in [2.45, 2.75) is 0 Å². The Balaban J connectivity index is 2.20. The number of hydrogen-bond acceptors (Lipinski definition) is 4. The van der Waals surface area contributed by atoms with Crippen LogP contribution in [0.4, 0.5) is 0 Å². The zero-order chi connectivity index (χ0) is 11.0. The van der Waals surface area contributed by atoms with Crippen LogP contribution in [0.5, 0.6) is 11.5 Å². The van der Waals surface area contributed by atoms with Crippen molar-refractivity contribution in [3.63, 3.8) is 0 Å². The predicted octanol–water partition coefficient (Wildman–Crippen LogP) is 1.62. The Kier molecular flexibility index (Phi) is 1.89. The molecule has 1 aliphatic heterocycles. The van der Waals surface area contributed by atoms with Gasteiger partial charge in [-0.3, -0.25) is 9.89 Å². The lowest BCUT2D eigenvalue weighted by Crippen LogP contribution is -1.94. The average Bonchev–Trinajstić information content (AvgIpc) is 2.96. The Morgan fingerprint density at radius 3 is 3.19 bits per heavy atom. The summed E-state index contributed by atoms with van der Waals surface area (Å²) in [6.45, 7) is 0.205. The third-order valence-electron chi connectivity index (χ3n) is 2.46. The van der Waals surface area contributed by atoms with Crippen molar-refractivity contribution in [1.82, 2.24) is 10.2 Å². The average molecular weight is 216 g/mol. The van der Waals surface area contributed by atoms with Crippen LogP contribution in [-0.4, -0.2) is 23.3 Å². The molecular formula is C11H8N2O3. The molecule has 0 saturated heterocycles. The summed E-state index contributed by atoms with van der Waals surface area (Å²) in [7, 11) is 0. The number of fused-ring (bicyclic) bond motifs is 1. The van der Waals surface area contributed by atoms with Crippen LogP contribution in [0.2, 0.25) is 0 Å². The van der Waals surface area contributed by atoms with Gasteiger partial charge in [-0.2, -0.15) is 5.10 Å². The van der Waals surface area contributed by atoms with Crippen molar-refractivity contribution in [1.29, 1.82) is 0 Å². The molecule has 0 amide bonds. The number of nitrogens with zero attached hydrogens (tertiary/aromatic N) is 1. The van der Waals surface area contributed by atoms with Crippen molar-refractivity contribution in [2.24, 2.45) is 0 Å². The minimum atomic E-state index is 0.205. The fourth-order valence-electron chi connectivity index (χ4n) is 1.73. The van der Waals surface area contributed by atoms with Gasteiger partial charge in [-0.1, -0.05) is 6.07 Å². The van der Waals surface area contributed by atoms with Gasteiger partial charge in [0, 0.05) is 5.56 Å². The van der Waals surface area contributed by atoms with Crippen molar-refractivity contribution < 1.29 is 14.3 Å². The summed E-state index contributed by atoms with van der Waals surface area (Å²) in [6.07, 6.45) is 2.24. The van der Waals surface area contributed by atoms with Gasteiger partial charge in [-0.15, -0.1) is 0 Å². The minimum absolute atomic E-state index is 0.205. The van der Waals surface area contributed by atoms with Gasteiger partial charge in [0.2, 0.25) is 6.79 Å². The highest BCUT2D eigenvalue weighted by Gasteiger charge is 2.20. The Morgan fingerprint density at radius 2 is 2.31 bits per heavy atom. The monoisotopic (exact) mass is 216 g/mol. The number of rotatable bonds is 2. The van der Waals surface area contributed by atoms with E-state index in [1.807, 2.05) is 18.2 Å². The number of ether oxygens (including phenoxy) is 2. The predicted molar refractivity (Wildman–Crippen MR) is 55.5 cm³/mol. The van der Waals surface area contributed by atoms with Crippen molar-refractivity contribution in [3.8, 4) is 22.8 Å². The van der Waals surface area contributed by atoms with Crippen LogP contribution in [-0.2, 0) is 0 Å². The molecule has 16 heavy (non-hydrogen) atoms. The summed E-state index contributed by atoms with van der Waals surface area (Å²) in [4.78, 5) is 10.8. The van der Waals surface area contributed by atoms with E-state index in [1.165, 1.54) is 6.20 Å². The molecule has 0 unspecified atom stereocenters. The number of nitrogens with one attached hydrogen (secondary N) is 1. The first-order chi connectivity index (χ1) is 7.90. The summed E-state index contributed by atoms with van der Waals surface area (Å²) < 4.78 is 10.6. The van der Waals surface area contributed by atoms with Gasteiger partial charge >= 0.3 is 0 Å². The fourth-order valence-corrected chi connectivity index (χ4v) is 1.73. The molecule has 1 aromatic carbocycles. The largest absolute Gasteiger partial charge is 0.454 e. The van der Waals surface area contributed by atoms with E-state index in [1.54, 1.807) is 0 Å². The molecule has 5 heteroatoms. The third-order valence-corrected chi connectivity index (χ3v) is 2.46. The number of benzene rings is 1. The lowest BCUT2D eigenvalue weighted by atomic mass is 10.1. The molecule has 0 saturated carbocycles. The van der Waals surface area contributed by atoms with Crippen molar-refractivity contribution in [3.05, 3.63) is 30.0 Å². The molecular weight excluding hydrogens is 208 g/mol. The summed E-state index contributed by atoms with van der Waals surface area (Å²) in [6, 6.07) is 5.52. The van der Waals surface area contributed by atoms with E-state index in [9.17, 15) is 4.79 Å². The number of aldehydes is 1. The zero-order valence-corrected chi connectivity index (χ0v) is 8.27. The molecule has 80 valence electrons. The second-order valence-electron chi connectivity index (χ2n) is 3.36. The molecule has 3 rings (SSSR count). The highest BCUT2D eigenvalue weighted by atomic mass is 16.7. The van der Waals surface area contributed by atoms with Gasteiger partial charge in [-0.25, -0.2) is 0 Å². The van der Waals surface area contributed by atoms with Gasteiger partial charge in [0.25, 0.3) is 0 Å². The van der Waals surface area contributed by atoms with Crippen LogP contribution in [0.15, 0.2) is 24.4 Å². The second kappa shape index (κ2) is 3.37. The Morgan fingerprint density at radius 1 is 1.38 bits per heavy atom. The summed E-state index contributed by atoms with van der Waals surface area (Å²) >= 11 is 0. The summed E-state index contributed by atoms with van der Waals surface area (Å²) in [5.41, 5.74) is 1.94. The first-order valence-corrected chi connectivity index (χ1v) is 4.77. The lowest BCUT2D eigenvalue weighted by molar-refractivity contribution is 0.112. The lowest BCUT2D eigenvalue weighted by Gasteiger charge is -2.03. The molecule has 0 aliphatic carbocycles. The molecule has 0 bridgehead atoms. The number of carbonyl (C=O) groups is 1. The highest BCUT2D eigenvalue weighted by Crippen LogP contribution is 2.40. The molecule has 2 aromatic rings. The molecule has 1 N–H and O–H groups in total. The molecule has 0 atom stereocenters. The van der Waals surface area contributed by atoms with E-state index in [-0.39, 0.29) is 6.79 Å². The smallest absolute Gasteiger partial charge is 0.231 e. The van der Waals surface area contributed by atoms with E-state index in [4.69, 9.17) is 9.47 Å². The normalized spacial score (nSPS) is 12.8. The Labute approximate surface area is 91.0 Å².